The molecule has 3 aliphatic rings. The van der Waals surface area contributed by atoms with E-state index in [-0.39, 0.29) is 26.2 Å². The van der Waals surface area contributed by atoms with Crippen molar-refractivity contribution in [1.29, 1.82) is 0 Å². The first-order chi connectivity index (χ1) is 21.8. The molecule has 0 amide bonds. The van der Waals surface area contributed by atoms with E-state index < -0.39 is 109 Å². The quantitative estimate of drug-likeness (QED) is 0.0827. The second-order valence-electron chi connectivity index (χ2n) is 14.4. The van der Waals surface area contributed by atoms with Gasteiger partial charge in [0.2, 0.25) is 0 Å². The van der Waals surface area contributed by atoms with Gasteiger partial charge in [-0.15, -0.1) is 0 Å². The Hall–Kier alpha value is -0.640. The number of hydrogen-bond donors (Lipinski definition) is 10. The van der Waals surface area contributed by atoms with Crippen molar-refractivity contribution in [2.45, 2.75) is 163 Å². The predicted molar refractivity (Wildman–Crippen MR) is 162 cm³/mol. The minimum Gasteiger partial charge on any atom is -0.394 e. The van der Waals surface area contributed by atoms with E-state index in [0.29, 0.717) is 6.42 Å². The molecule has 3 rings (SSSR count). The molecule has 0 aromatic heterocycles. The fraction of sp³-hybridized carbons (Fsp3) is 1.00. The monoisotopic (exact) mass is 686 g/mol. The van der Waals surface area contributed by atoms with Gasteiger partial charge in [0.15, 0.2) is 5.79 Å². The first-order valence-electron chi connectivity index (χ1n) is 16.4. The van der Waals surface area contributed by atoms with Gasteiger partial charge < -0.3 is 79.5 Å². The summed E-state index contributed by atoms with van der Waals surface area (Å²) in [5.41, 5.74) is -4.21. The molecular formula is C31H58O16. The summed E-state index contributed by atoms with van der Waals surface area (Å²) in [5.74, 6) is -2.11. The van der Waals surface area contributed by atoms with Crippen molar-refractivity contribution in [1.82, 2.24) is 0 Å². The average molecular weight is 687 g/mol. The number of ether oxygens (including phenoxy) is 6. The molecule has 10 N–H and O–H groups in total. The van der Waals surface area contributed by atoms with Crippen molar-refractivity contribution in [3.05, 3.63) is 0 Å². The van der Waals surface area contributed by atoms with Gasteiger partial charge in [0.25, 0.3) is 0 Å². The Bertz CT molecular complexity index is 966. The van der Waals surface area contributed by atoms with Crippen LogP contribution in [0.4, 0.5) is 0 Å². The van der Waals surface area contributed by atoms with Crippen LogP contribution < -0.4 is 0 Å². The Morgan fingerprint density at radius 2 is 1.38 bits per heavy atom. The maximum atomic E-state index is 11.5. The number of rotatable bonds is 15. The summed E-state index contributed by atoms with van der Waals surface area (Å²) in [5, 5.41) is 105. The van der Waals surface area contributed by atoms with Gasteiger partial charge in [-0.3, -0.25) is 0 Å². The van der Waals surface area contributed by atoms with Crippen molar-refractivity contribution in [2.75, 3.05) is 33.0 Å². The Morgan fingerprint density at radius 3 is 1.96 bits per heavy atom. The summed E-state index contributed by atoms with van der Waals surface area (Å²) >= 11 is 0. The van der Waals surface area contributed by atoms with Gasteiger partial charge in [0.05, 0.1) is 56.9 Å². The van der Waals surface area contributed by atoms with Crippen LogP contribution in [0.1, 0.15) is 67.2 Å². The lowest BCUT2D eigenvalue weighted by atomic mass is 9.85. The lowest BCUT2D eigenvalue weighted by Crippen LogP contribution is -2.72. The van der Waals surface area contributed by atoms with Crippen LogP contribution in [0.2, 0.25) is 0 Å². The van der Waals surface area contributed by atoms with Crippen LogP contribution in [0, 0.1) is 0 Å². The molecule has 16 heteroatoms. The predicted octanol–water partition coefficient (Wildman–Crippen LogP) is -2.93. The zero-order valence-electron chi connectivity index (χ0n) is 28.2. The van der Waals surface area contributed by atoms with Crippen molar-refractivity contribution < 1.29 is 79.5 Å². The van der Waals surface area contributed by atoms with Crippen LogP contribution in [0.25, 0.3) is 0 Å². The molecule has 15 atom stereocenters. The third-order valence-electron chi connectivity index (χ3n) is 9.63. The minimum atomic E-state index is -2.11. The standard InChI is InChI=1S/C31H58O16/c1-7-8-9-21(28(2,3)41)43-15-30(5)27(47-31(6)26(40)24(38)22(36)18(12-33)46-31)25(39)23(37)19(45-30)13-42-14-29(4)20(35)10-16(34)17(11-32)44-29/h16-27,32-41H,7-15H2,1-6H3/t16-,17?,18?,19?,20-,21?,22?,23?,24?,25?,26?,27-,29?,30?,31?/m1/s1. The summed E-state index contributed by atoms with van der Waals surface area (Å²) in [6.45, 7) is 7.45. The highest BCUT2D eigenvalue weighted by Gasteiger charge is 2.59. The number of unbranched alkanes of at least 4 members (excludes halogenated alkanes) is 1. The van der Waals surface area contributed by atoms with E-state index in [2.05, 4.69) is 0 Å². The molecular weight excluding hydrogens is 628 g/mol. The first kappa shape index (κ1) is 40.8. The van der Waals surface area contributed by atoms with E-state index in [1.807, 2.05) is 6.92 Å². The first-order valence-corrected chi connectivity index (χ1v) is 16.4. The SMILES string of the molecule is CCCCC(OCC1(C)OC(COCC2(C)OC(CO)[C@H](O)C[C@H]2O)C(O)C(O)[C@H]1OC1(C)OC(CO)C(O)C(O)C1O)C(C)(C)O. The normalized spacial score (nSPS) is 45.6. The smallest absolute Gasteiger partial charge is 0.195 e. The second kappa shape index (κ2) is 16.1. The zero-order valence-corrected chi connectivity index (χ0v) is 28.2. The van der Waals surface area contributed by atoms with Crippen LogP contribution >= 0.6 is 0 Å². The third kappa shape index (κ3) is 9.18. The molecule has 16 nitrogen and oxygen atoms in total. The van der Waals surface area contributed by atoms with E-state index in [9.17, 15) is 51.1 Å². The van der Waals surface area contributed by atoms with Gasteiger partial charge in [-0.25, -0.2) is 0 Å². The molecule has 3 aliphatic heterocycles. The van der Waals surface area contributed by atoms with Crippen LogP contribution in [0.3, 0.4) is 0 Å². The molecule has 0 aromatic carbocycles. The van der Waals surface area contributed by atoms with E-state index in [1.165, 1.54) is 13.8 Å². The molecule has 3 saturated heterocycles. The highest BCUT2D eigenvalue weighted by atomic mass is 16.7. The van der Waals surface area contributed by atoms with Crippen molar-refractivity contribution in [3.8, 4) is 0 Å². The van der Waals surface area contributed by atoms with Crippen molar-refractivity contribution in [2.24, 2.45) is 0 Å². The number of aliphatic hydroxyl groups is 10. The van der Waals surface area contributed by atoms with Crippen LogP contribution in [0.15, 0.2) is 0 Å². The second-order valence-corrected chi connectivity index (χ2v) is 14.4. The molecule has 12 unspecified atom stereocenters. The molecule has 278 valence electrons. The molecule has 3 fully saturated rings. The van der Waals surface area contributed by atoms with Crippen LogP contribution in [0.5, 0.6) is 0 Å². The van der Waals surface area contributed by atoms with Crippen LogP contribution in [-0.4, -0.2) is 180 Å². The van der Waals surface area contributed by atoms with Gasteiger partial charge in [-0.1, -0.05) is 19.8 Å². The molecule has 0 aromatic rings. The minimum absolute atomic E-state index is 0.0588. The maximum absolute atomic E-state index is 11.5. The Kier molecular flexibility index (Phi) is 14.0. The highest BCUT2D eigenvalue weighted by Crippen LogP contribution is 2.40. The fourth-order valence-corrected chi connectivity index (χ4v) is 6.43. The third-order valence-corrected chi connectivity index (χ3v) is 9.63. The molecule has 0 saturated carbocycles. The number of aliphatic hydroxyl groups excluding tert-OH is 9. The lowest BCUT2D eigenvalue weighted by Gasteiger charge is -2.54. The van der Waals surface area contributed by atoms with Gasteiger partial charge >= 0.3 is 0 Å². The molecule has 47 heavy (non-hydrogen) atoms. The van der Waals surface area contributed by atoms with Gasteiger partial charge in [-0.05, 0) is 41.0 Å². The average Bonchev–Trinajstić information content (AvgIpc) is 3.00. The Morgan fingerprint density at radius 1 is 0.787 bits per heavy atom. The molecule has 0 aliphatic carbocycles. The largest absolute Gasteiger partial charge is 0.394 e. The maximum Gasteiger partial charge on any atom is 0.195 e. The molecule has 0 spiro atoms. The Balaban J connectivity index is 1.86. The summed E-state index contributed by atoms with van der Waals surface area (Å²) in [6.07, 6.45) is -14.5. The summed E-state index contributed by atoms with van der Waals surface area (Å²) in [6, 6.07) is 0. The van der Waals surface area contributed by atoms with E-state index in [0.717, 1.165) is 12.8 Å². The Labute approximate surface area is 275 Å². The van der Waals surface area contributed by atoms with E-state index in [4.69, 9.17) is 28.4 Å². The topological polar surface area (TPSA) is 258 Å². The lowest BCUT2D eigenvalue weighted by molar-refractivity contribution is -0.402. The summed E-state index contributed by atoms with van der Waals surface area (Å²) in [7, 11) is 0. The van der Waals surface area contributed by atoms with Gasteiger partial charge in [0.1, 0.15) is 66.1 Å². The summed E-state index contributed by atoms with van der Waals surface area (Å²) < 4.78 is 35.8. The number of hydrogen-bond acceptors (Lipinski definition) is 16. The van der Waals surface area contributed by atoms with Crippen LogP contribution in [-0.2, 0) is 28.4 Å². The zero-order chi connectivity index (χ0) is 35.5. The van der Waals surface area contributed by atoms with Crippen molar-refractivity contribution >= 4 is 0 Å². The van der Waals surface area contributed by atoms with Crippen molar-refractivity contribution in [3.63, 3.8) is 0 Å². The van der Waals surface area contributed by atoms with E-state index >= 15 is 0 Å². The van der Waals surface area contributed by atoms with Gasteiger partial charge in [-0.2, -0.15) is 0 Å². The molecule has 0 bridgehead atoms. The summed E-state index contributed by atoms with van der Waals surface area (Å²) in [4.78, 5) is 0. The van der Waals surface area contributed by atoms with E-state index in [1.54, 1.807) is 20.8 Å². The molecule has 3 heterocycles. The fourth-order valence-electron chi connectivity index (χ4n) is 6.43. The highest BCUT2D eigenvalue weighted by molar-refractivity contribution is 5.04. The molecule has 0 radical (unpaired) electrons. The van der Waals surface area contributed by atoms with Gasteiger partial charge in [0, 0.05) is 6.42 Å².